The van der Waals surface area contributed by atoms with E-state index in [1.54, 1.807) is 0 Å². The predicted molar refractivity (Wildman–Crippen MR) is 79.7 cm³/mol. The quantitative estimate of drug-likeness (QED) is 0.745. The molecule has 2 aromatic carbocycles. The molecule has 1 aromatic heterocycles. The fourth-order valence-corrected chi connectivity index (χ4v) is 2.87. The zero-order valence-corrected chi connectivity index (χ0v) is 11.7. The van der Waals surface area contributed by atoms with E-state index in [1.165, 1.54) is 28.2 Å². The molecule has 0 aliphatic rings. The molecule has 106 valence electrons. The lowest BCUT2D eigenvalue weighted by molar-refractivity contribution is 0.625. The third kappa shape index (κ3) is 2.71. The van der Waals surface area contributed by atoms with Crippen LogP contribution in [0.4, 0.5) is 4.39 Å². The van der Waals surface area contributed by atoms with Gasteiger partial charge in [-0.15, -0.1) is 0 Å². The Balaban J connectivity index is 2.05. The molecule has 1 heterocycles. The molecular weight excluding hydrogens is 291 g/mol. The van der Waals surface area contributed by atoms with Crippen LogP contribution in [-0.4, -0.2) is 8.52 Å². The van der Waals surface area contributed by atoms with Gasteiger partial charge in [0.2, 0.25) is 0 Å². The minimum absolute atomic E-state index is 0.244. The van der Waals surface area contributed by atoms with Crippen LogP contribution in [0.15, 0.2) is 64.2 Å². The average molecular weight is 302 g/mol. The van der Waals surface area contributed by atoms with Gasteiger partial charge in [-0.05, 0) is 23.8 Å². The first kappa shape index (κ1) is 13.5. The molecule has 6 heteroatoms. The highest BCUT2D eigenvalue weighted by molar-refractivity contribution is 7.03. The maximum absolute atomic E-state index is 13.2. The van der Waals surface area contributed by atoms with Crippen molar-refractivity contribution in [2.45, 2.75) is 6.54 Å². The first-order valence-corrected chi connectivity index (χ1v) is 7.05. The Morgan fingerprint density at radius 3 is 2.48 bits per heavy atom. The van der Waals surface area contributed by atoms with Gasteiger partial charge in [-0.2, -0.15) is 0 Å². The molecular formula is C15H11FN2O2S. The van der Waals surface area contributed by atoms with Crippen LogP contribution in [0.2, 0.25) is 0 Å². The van der Waals surface area contributed by atoms with E-state index in [0.29, 0.717) is 6.54 Å². The molecule has 3 rings (SSSR count). The van der Waals surface area contributed by atoms with E-state index in [9.17, 15) is 14.0 Å². The van der Waals surface area contributed by atoms with Crippen molar-refractivity contribution in [2.75, 3.05) is 0 Å². The van der Waals surface area contributed by atoms with Crippen LogP contribution >= 0.6 is 11.5 Å². The van der Waals surface area contributed by atoms with Gasteiger partial charge in [0, 0.05) is 11.5 Å². The predicted octanol–water partition coefficient (Wildman–Crippen LogP) is 2.25. The molecule has 0 unspecified atom stereocenters. The van der Waals surface area contributed by atoms with Crippen LogP contribution < -0.4 is 10.6 Å². The molecule has 0 amide bonds. The summed E-state index contributed by atoms with van der Waals surface area (Å²) in [6.45, 7) is 0.321. The van der Waals surface area contributed by atoms with Crippen molar-refractivity contribution in [3.05, 3.63) is 86.1 Å². The summed E-state index contributed by atoms with van der Waals surface area (Å²) in [5, 5.41) is 0. The summed E-state index contributed by atoms with van der Waals surface area (Å²) < 4.78 is 15.6. The monoisotopic (exact) mass is 302 g/mol. The lowest BCUT2D eigenvalue weighted by atomic mass is 10.2. The normalized spacial score (nSPS) is 10.7. The zero-order chi connectivity index (χ0) is 14.8. The van der Waals surface area contributed by atoms with Crippen LogP contribution in [0.1, 0.15) is 5.56 Å². The maximum Gasteiger partial charge on any atom is 0.346 e. The van der Waals surface area contributed by atoms with Gasteiger partial charge >= 0.3 is 10.6 Å². The second-order valence-electron chi connectivity index (χ2n) is 4.48. The molecule has 0 bridgehead atoms. The summed E-state index contributed by atoms with van der Waals surface area (Å²) in [6.07, 6.45) is 0. The number of hydrogen-bond donors (Lipinski definition) is 0. The van der Waals surface area contributed by atoms with Crippen LogP contribution in [0.3, 0.4) is 0 Å². The largest absolute Gasteiger partial charge is 0.346 e. The lowest BCUT2D eigenvalue weighted by Crippen LogP contribution is -2.27. The van der Waals surface area contributed by atoms with Crippen LogP contribution in [0.5, 0.6) is 0 Å². The Kier molecular flexibility index (Phi) is 3.53. The average Bonchev–Trinajstić information content (AvgIpc) is 2.74. The Bertz CT molecular complexity index is 880. The molecule has 0 spiro atoms. The summed E-state index contributed by atoms with van der Waals surface area (Å²) in [5.41, 5.74) is 0.708. The van der Waals surface area contributed by atoms with Crippen molar-refractivity contribution in [3.63, 3.8) is 0 Å². The van der Waals surface area contributed by atoms with Gasteiger partial charge in [0.25, 0.3) is 0 Å². The molecule has 3 aromatic rings. The van der Waals surface area contributed by atoms with E-state index in [1.807, 2.05) is 30.3 Å². The summed E-state index contributed by atoms with van der Waals surface area (Å²) in [5.74, 6) is -0.486. The zero-order valence-electron chi connectivity index (χ0n) is 10.9. The summed E-state index contributed by atoms with van der Waals surface area (Å²) in [7, 11) is 0. The Morgan fingerprint density at radius 2 is 1.76 bits per heavy atom. The number of rotatable bonds is 3. The molecule has 4 nitrogen and oxygen atoms in total. The smallest absolute Gasteiger partial charge is 0.255 e. The number of nitrogens with zero attached hydrogens (tertiary/aromatic N) is 2. The molecule has 0 saturated heterocycles. The molecule has 21 heavy (non-hydrogen) atoms. The van der Waals surface area contributed by atoms with Crippen molar-refractivity contribution in [1.82, 2.24) is 8.52 Å². The first-order valence-electron chi connectivity index (χ1n) is 6.28. The van der Waals surface area contributed by atoms with E-state index < -0.39 is 16.4 Å². The van der Waals surface area contributed by atoms with Gasteiger partial charge in [-0.25, -0.2) is 17.7 Å². The third-order valence-corrected chi connectivity index (χ3v) is 3.86. The van der Waals surface area contributed by atoms with E-state index in [2.05, 4.69) is 0 Å². The first-order chi connectivity index (χ1) is 10.1. The van der Waals surface area contributed by atoms with Gasteiger partial charge in [0.15, 0.2) is 0 Å². The molecule has 0 aliphatic heterocycles. The van der Waals surface area contributed by atoms with Crippen LogP contribution in [-0.2, 0) is 6.54 Å². The van der Waals surface area contributed by atoms with Gasteiger partial charge in [-0.3, -0.25) is 4.79 Å². The Hall–Kier alpha value is -2.47. The molecule has 0 saturated carbocycles. The molecule has 0 N–H and O–H groups in total. The van der Waals surface area contributed by atoms with Crippen molar-refractivity contribution in [2.24, 2.45) is 0 Å². The van der Waals surface area contributed by atoms with E-state index in [4.69, 9.17) is 0 Å². The fraction of sp³-hybridized carbons (Fsp3) is 0.0667. The van der Waals surface area contributed by atoms with E-state index >= 15 is 0 Å². The van der Waals surface area contributed by atoms with Crippen LogP contribution in [0, 0.1) is 5.82 Å². The lowest BCUT2D eigenvalue weighted by Gasteiger charge is -2.01. The SMILES string of the molecule is O=c1sn(Cc2ccccc2)c(=O)n1-c1cccc(F)c1. The topological polar surface area (TPSA) is 44.0 Å². The van der Waals surface area contributed by atoms with Gasteiger partial charge < -0.3 is 0 Å². The number of halogens is 1. The Labute approximate surface area is 123 Å². The standard InChI is InChI=1S/C15H11FN2O2S/c16-12-7-4-8-13(9-12)18-14(19)17(21-15(18)20)10-11-5-2-1-3-6-11/h1-9H,10H2. The summed E-state index contributed by atoms with van der Waals surface area (Å²) in [6, 6.07) is 14.8. The molecule has 0 aliphatic carbocycles. The highest BCUT2D eigenvalue weighted by atomic mass is 32.1. The van der Waals surface area contributed by atoms with E-state index in [-0.39, 0.29) is 5.69 Å². The van der Waals surface area contributed by atoms with Crippen molar-refractivity contribution in [1.29, 1.82) is 0 Å². The second-order valence-corrected chi connectivity index (χ2v) is 5.45. The summed E-state index contributed by atoms with van der Waals surface area (Å²) in [4.78, 5) is 23.9. The highest BCUT2D eigenvalue weighted by Crippen LogP contribution is 2.07. The highest BCUT2D eigenvalue weighted by Gasteiger charge is 2.12. The molecule has 0 fully saturated rings. The molecule has 0 radical (unpaired) electrons. The minimum Gasteiger partial charge on any atom is -0.255 e. The molecule has 0 atom stereocenters. The van der Waals surface area contributed by atoms with Gasteiger partial charge in [0.05, 0.1) is 12.2 Å². The van der Waals surface area contributed by atoms with Gasteiger partial charge in [-0.1, -0.05) is 36.4 Å². The summed E-state index contributed by atoms with van der Waals surface area (Å²) >= 11 is 0.826. The second kappa shape index (κ2) is 5.49. The van der Waals surface area contributed by atoms with Gasteiger partial charge in [0.1, 0.15) is 5.82 Å². The Morgan fingerprint density at radius 1 is 1.00 bits per heavy atom. The van der Waals surface area contributed by atoms with Crippen molar-refractivity contribution in [3.8, 4) is 5.69 Å². The maximum atomic E-state index is 13.2. The number of hydrogen-bond acceptors (Lipinski definition) is 3. The van der Waals surface area contributed by atoms with Crippen molar-refractivity contribution >= 4 is 11.5 Å². The van der Waals surface area contributed by atoms with E-state index in [0.717, 1.165) is 21.7 Å². The van der Waals surface area contributed by atoms with Crippen molar-refractivity contribution < 1.29 is 4.39 Å². The fourth-order valence-electron chi connectivity index (χ4n) is 2.04. The number of aromatic nitrogens is 2. The third-order valence-electron chi connectivity index (χ3n) is 3.01. The minimum atomic E-state index is -0.486. The number of benzene rings is 2. The van der Waals surface area contributed by atoms with Crippen LogP contribution in [0.25, 0.3) is 5.69 Å².